The molecule has 0 aliphatic rings. The molecule has 1 aromatic carbocycles. The SMILES string of the molecule is CCCNCc1ccc(OCC)c(OC)c1. The Hall–Kier alpha value is -1.22. The van der Waals surface area contributed by atoms with E-state index in [4.69, 9.17) is 9.47 Å². The number of nitrogens with one attached hydrogen (secondary N) is 1. The van der Waals surface area contributed by atoms with Crippen LogP contribution in [0.5, 0.6) is 11.5 Å². The first kappa shape index (κ1) is 12.8. The number of hydrogen-bond donors (Lipinski definition) is 1. The Kier molecular flexibility index (Phi) is 5.72. The molecule has 0 heterocycles. The zero-order chi connectivity index (χ0) is 11.8. The van der Waals surface area contributed by atoms with Gasteiger partial charge in [0.2, 0.25) is 0 Å². The highest BCUT2D eigenvalue weighted by Gasteiger charge is 2.04. The normalized spacial score (nSPS) is 10.2. The molecule has 3 heteroatoms. The Balaban J connectivity index is 2.66. The maximum absolute atomic E-state index is 5.46. The summed E-state index contributed by atoms with van der Waals surface area (Å²) in [5, 5.41) is 3.36. The van der Waals surface area contributed by atoms with Gasteiger partial charge in [-0.05, 0) is 37.6 Å². The van der Waals surface area contributed by atoms with Crippen LogP contribution in [0.15, 0.2) is 18.2 Å². The summed E-state index contributed by atoms with van der Waals surface area (Å²) in [5.74, 6) is 1.61. The van der Waals surface area contributed by atoms with Crippen LogP contribution >= 0.6 is 0 Å². The molecule has 0 saturated carbocycles. The lowest BCUT2D eigenvalue weighted by Gasteiger charge is -2.11. The molecule has 0 unspecified atom stereocenters. The molecule has 0 amide bonds. The summed E-state index contributed by atoms with van der Waals surface area (Å²) in [6.07, 6.45) is 1.15. The number of hydrogen-bond acceptors (Lipinski definition) is 3. The van der Waals surface area contributed by atoms with Crippen molar-refractivity contribution in [2.24, 2.45) is 0 Å². The first-order valence-corrected chi connectivity index (χ1v) is 5.82. The van der Waals surface area contributed by atoms with Crippen molar-refractivity contribution in [3.05, 3.63) is 23.8 Å². The third-order valence-electron chi connectivity index (χ3n) is 2.28. The fourth-order valence-electron chi connectivity index (χ4n) is 1.51. The quantitative estimate of drug-likeness (QED) is 0.721. The van der Waals surface area contributed by atoms with Crippen LogP contribution in [0.25, 0.3) is 0 Å². The van der Waals surface area contributed by atoms with Crippen LogP contribution in [0.3, 0.4) is 0 Å². The lowest BCUT2D eigenvalue weighted by atomic mass is 10.2. The topological polar surface area (TPSA) is 30.5 Å². The van der Waals surface area contributed by atoms with Gasteiger partial charge in [0.15, 0.2) is 11.5 Å². The van der Waals surface area contributed by atoms with Gasteiger partial charge in [0.25, 0.3) is 0 Å². The van der Waals surface area contributed by atoms with Crippen LogP contribution in [-0.4, -0.2) is 20.3 Å². The van der Waals surface area contributed by atoms with E-state index in [1.165, 1.54) is 5.56 Å². The van der Waals surface area contributed by atoms with Gasteiger partial charge in [-0.25, -0.2) is 0 Å². The number of benzene rings is 1. The van der Waals surface area contributed by atoms with Gasteiger partial charge in [-0.1, -0.05) is 13.0 Å². The Morgan fingerprint density at radius 1 is 1.19 bits per heavy atom. The van der Waals surface area contributed by atoms with Crippen LogP contribution in [0.1, 0.15) is 25.8 Å². The van der Waals surface area contributed by atoms with Crippen LogP contribution < -0.4 is 14.8 Å². The van der Waals surface area contributed by atoms with Crippen LogP contribution in [0, 0.1) is 0 Å². The molecule has 1 rings (SSSR count). The maximum Gasteiger partial charge on any atom is 0.161 e. The van der Waals surface area contributed by atoms with Crippen LogP contribution in [0.2, 0.25) is 0 Å². The van der Waals surface area contributed by atoms with Gasteiger partial charge in [-0.2, -0.15) is 0 Å². The molecule has 0 aliphatic heterocycles. The van der Waals surface area contributed by atoms with Gasteiger partial charge in [0, 0.05) is 6.54 Å². The molecule has 0 radical (unpaired) electrons. The predicted octanol–water partition coefficient (Wildman–Crippen LogP) is 2.59. The Morgan fingerprint density at radius 3 is 2.62 bits per heavy atom. The van der Waals surface area contributed by atoms with E-state index in [9.17, 15) is 0 Å². The minimum Gasteiger partial charge on any atom is -0.493 e. The summed E-state index contributed by atoms with van der Waals surface area (Å²) in [5.41, 5.74) is 1.22. The third kappa shape index (κ3) is 3.74. The highest BCUT2D eigenvalue weighted by molar-refractivity contribution is 5.42. The van der Waals surface area contributed by atoms with Crippen molar-refractivity contribution in [2.75, 3.05) is 20.3 Å². The van der Waals surface area contributed by atoms with E-state index in [-0.39, 0.29) is 0 Å². The minimum atomic E-state index is 0.657. The molecule has 0 saturated heterocycles. The molecule has 1 N–H and O–H groups in total. The summed E-state index contributed by atoms with van der Waals surface area (Å²) in [6.45, 7) is 6.69. The second kappa shape index (κ2) is 7.12. The molecular formula is C13H21NO2. The van der Waals surface area contributed by atoms with E-state index < -0.39 is 0 Å². The summed E-state index contributed by atoms with van der Waals surface area (Å²) in [6, 6.07) is 6.05. The smallest absolute Gasteiger partial charge is 0.161 e. The fraction of sp³-hybridized carbons (Fsp3) is 0.538. The van der Waals surface area contributed by atoms with Crippen LogP contribution in [0.4, 0.5) is 0 Å². The zero-order valence-corrected chi connectivity index (χ0v) is 10.4. The Morgan fingerprint density at radius 2 is 2.00 bits per heavy atom. The average Bonchev–Trinajstić information content (AvgIpc) is 2.31. The lowest BCUT2D eigenvalue weighted by Crippen LogP contribution is -2.13. The number of ether oxygens (including phenoxy) is 2. The van der Waals surface area contributed by atoms with Crippen molar-refractivity contribution in [3.8, 4) is 11.5 Å². The first-order valence-electron chi connectivity index (χ1n) is 5.82. The molecule has 0 atom stereocenters. The Bertz CT molecular complexity index is 313. The van der Waals surface area contributed by atoms with Gasteiger partial charge < -0.3 is 14.8 Å². The van der Waals surface area contributed by atoms with Gasteiger partial charge in [0.1, 0.15) is 0 Å². The molecule has 90 valence electrons. The second-order valence-electron chi connectivity index (χ2n) is 3.60. The molecule has 0 fully saturated rings. The van der Waals surface area contributed by atoms with Crippen molar-refractivity contribution in [3.63, 3.8) is 0 Å². The molecule has 16 heavy (non-hydrogen) atoms. The van der Waals surface area contributed by atoms with E-state index in [1.807, 2.05) is 19.1 Å². The van der Waals surface area contributed by atoms with E-state index in [0.717, 1.165) is 31.0 Å². The van der Waals surface area contributed by atoms with Crippen molar-refractivity contribution in [2.45, 2.75) is 26.8 Å². The molecular weight excluding hydrogens is 202 g/mol. The minimum absolute atomic E-state index is 0.657. The molecule has 0 aromatic heterocycles. The highest BCUT2D eigenvalue weighted by atomic mass is 16.5. The molecule has 0 spiro atoms. The summed E-state index contributed by atoms with van der Waals surface area (Å²) >= 11 is 0. The van der Waals surface area contributed by atoms with Crippen molar-refractivity contribution >= 4 is 0 Å². The summed E-state index contributed by atoms with van der Waals surface area (Å²) < 4.78 is 10.8. The molecule has 1 aromatic rings. The maximum atomic E-state index is 5.46. The average molecular weight is 223 g/mol. The second-order valence-corrected chi connectivity index (χ2v) is 3.60. The lowest BCUT2D eigenvalue weighted by molar-refractivity contribution is 0.310. The molecule has 3 nitrogen and oxygen atoms in total. The standard InChI is InChI=1S/C13H21NO2/c1-4-8-14-10-11-6-7-12(16-5-2)13(9-11)15-3/h6-7,9,14H,4-5,8,10H2,1-3H3. The number of rotatable bonds is 7. The van der Waals surface area contributed by atoms with E-state index in [2.05, 4.69) is 18.3 Å². The van der Waals surface area contributed by atoms with Crippen LogP contribution in [-0.2, 0) is 6.54 Å². The summed E-state index contributed by atoms with van der Waals surface area (Å²) in [4.78, 5) is 0. The van der Waals surface area contributed by atoms with Crippen molar-refractivity contribution in [1.82, 2.24) is 5.32 Å². The van der Waals surface area contributed by atoms with E-state index in [1.54, 1.807) is 7.11 Å². The van der Waals surface area contributed by atoms with Gasteiger partial charge in [0.05, 0.1) is 13.7 Å². The highest BCUT2D eigenvalue weighted by Crippen LogP contribution is 2.27. The Labute approximate surface area is 97.8 Å². The van der Waals surface area contributed by atoms with Gasteiger partial charge in [-0.3, -0.25) is 0 Å². The first-order chi connectivity index (χ1) is 7.81. The van der Waals surface area contributed by atoms with E-state index >= 15 is 0 Å². The monoisotopic (exact) mass is 223 g/mol. The largest absolute Gasteiger partial charge is 0.493 e. The molecule has 0 aliphatic carbocycles. The fourth-order valence-corrected chi connectivity index (χ4v) is 1.51. The number of methoxy groups -OCH3 is 1. The zero-order valence-electron chi connectivity index (χ0n) is 10.4. The predicted molar refractivity (Wildman–Crippen MR) is 66.2 cm³/mol. The van der Waals surface area contributed by atoms with Gasteiger partial charge in [-0.15, -0.1) is 0 Å². The van der Waals surface area contributed by atoms with Crippen molar-refractivity contribution in [1.29, 1.82) is 0 Å². The van der Waals surface area contributed by atoms with Crippen molar-refractivity contribution < 1.29 is 9.47 Å². The summed E-state index contributed by atoms with van der Waals surface area (Å²) in [7, 11) is 1.67. The third-order valence-corrected chi connectivity index (χ3v) is 2.28. The van der Waals surface area contributed by atoms with Gasteiger partial charge >= 0.3 is 0 Å². The molecule has 0 bridgehead atoms. The van der Waals surface area contributed by atoms with E-state index in [0.29, 0.717) is 6.61 Å².